The molecule has 2 aromatic carbocycles. The highest BCUT2D eigenvalue weighted by Gasteiger charge is 2.31. The van der Waals surface area contributed by atoms with Gasteiger partial charge in [-0.3, -0.25) is 4.79 Å². The fourth-order valence-corrected chi connectivity index (χ4v) is 2.55. The van der Waals surface area contributed by atoms with Crippen molar-refractivity contribution in [1.82, 2.24) is 0 Å². The Hall–Kier alpha value is -2.09. The number of rotatable bonds is 2. The molecule has 96 valence electrons. The normalized spacial score (nSPS) is 15.7. The summed E-state index contributed by atoms with van der Waals surface area (Å²) in [6.45, 7) is 5.06. The lowest BCUT2D eigenvalue weighted by Crippen LogP contribution is -2.18. The van der Waals surface area contributed by atoms with E-state index in [0.717, 1.165) is 28.7 Å². The average Bonchev–Trinajstić information content (AvgIpc) is 2.74. The van der Waals surface area contributed by atoms with Gasteiger partial charge in [-0.05, 0) is 23.3 Å². The van der Waals surface area contributed by atoms with Crippen LogP contribution in [0.15, 0.2) is 42.5 Å². The van der Waals surface area contributed by atoms with E-state index in [2.05, 4.69) is 19.9 Å². The molecule has 0 fully saturated rings. The van der Waals surface area contributed by atoms with Gasteiger partial charge in [0.1, 0.15) is 5.75 Å². The van der Waals surface area contributed by atoms with E-state index in [1.54, 1.807) is 0 Å². The van der Waals surface area contributed by atoms with Gasteiger partial charge in [-0.15, -0.1) is 0 Å². The summed E-state index contributed by atoms with van der Waals surface area (Å²) in [6, 6.07) is 13.8. The number of carbonyl (C=O) groups is 1. The van der Waals surface area contributed by atoms with Crippen LogP contribution in [-0.2, 0) is 5.41 Å². The molecule has 1 aliphatic rings. The van der Waals surface area contributed by atoms with E-state index in [-0.39, 0.29) is 5.41 Å². The molecule has 2 heteroatoms. The third kappa shape index (κ3) is 1.93. The molecule has 19 heavy (non-hydrogen) atoms. The minimum atomic E-state index is 0.0292. The van der Waals surface area contributed by atoms with Gasteiger partial charge in [0, 0.05) is 16.5 Å². The zero-order valence-corrected chi connectivity index (χ0v) is 11.1. The van der Waals surface area contributed by atoms with Gasteiger partial charge >= 0.3 is 0 Å². The van der Waals surface area contributed by atoms with Crippen LogP contribution in [0.2, 0.25) is 0 Å². The third-order valence-electron chi connectivity index (χ3n) is 3.70. The molecule has 1 heterocycles. The number of benzene rings is 2. The Morgan fingerprint density at radius 2 is 1.95 bits per heavy atom. The lowest BCUT2D eigenvalue weighted by atomic mass is 9.85. The first-order chi connectivity index (χ1) is 9.12. The molecule has 0 N–H and O–H groups in total. The number of ether oxygens (including phenoxy) is 1. The van der Waals surface area contributed by atoms with Crippen molar-refractivity contribution in [2.45, 2.75) is 19.3 Å². The van der Waals surface area contributed by atoms with E-state index >= 15 is 0 Å². The number of fused-ring (bicyclic) bond motifs is 1. The van der Waals surface area contributed by atoms with Crippen LogP contribution < -0.4 is 4.74 Å². The molecule has 0 aliphatic carbocycles. The highest BCUT2D eigenvalue weighted by molar-refractivity contribution is 5.87. The summed E-state index contributed by atoms with van der Waals surface area (Å²) in [5, 5.41) is 0. The molecular weight excluding hydrogens is 236 g/mol. The summed E-state index contributed by atoms with van der Waals surface area (Å²) in [4.78, 5) is 11.1. The second-order valence-electron chi connectivity index (χ2n) is 5.59. The van der Waals surface area contributed by atoms with Crippen molar-refractivity contribution < 1.29 is 9.53 Å². The monoisotopic (exact) mass is 252 g/mol. The summed E-state index contributed by atoms with van der Waals surface area (Å²) in [5.41, 5.74) is 4.01. The predicted molar refractivity (Wildman–Crippen MR) is 75.8 cm³/mol. The van der Waals surface area contributed by atoms with Crippen molar-refractivity contribution in [2.24, 2.45) is 0 Å². The van der Waals surface area contributed by atoms with Crippen molar-refractivity contribution >= 4 is 6.29 Å². The lowest BCUT2D eigenvalue weighted by molar-refractivity contribution is 0.112. The van der Waals surface area contributed by atoms with Gasteiger partial charge in [-0.1, -0.05) is 44.2 Å². The maximum atomic E-state index is 11.1. The van der Waals surface area contributed by atoms with Crippen molar-refractivity contribution in [2.75, 3.05) is 6.61 Å². The molecular formula is C17H16O2. The number of carbonyl (C=O) groups excluding carboxylic acids is 1. The molecule has 0 saturated heterocycles. The first kappa shape index (κ1) is 12.0. The topological polar surface area (TPSA) is 26.3 Å². The quantitative estimate of drug-likeness (QED) is 0.759. The van der Waals surface area contributed by atoms with Crippen LogP contribution in [0.4, 0.5) is 0 Å². The summed E-state index contributed by atoms with van der Waals surface area (Å²) >= 11 is 0. The van der Waals surface area contributed by atoms with Crippen LogP contribution in [0.25, 0.3) is 11.1 Å². The van der Waals surface area contributed by atoms with Crippen LogP contribution in [0.1, 0.15) is 29.8 Å². The van der Waals surface area contributed by atoms with Crippen molar-refractivity contribution in [3.05, 3.63) is 53.6 Å². The number of hydrogen-bond donors (Lipinski definition) is 0. The van der Waals surface area contributed by atoms with E-state index in [4.69, 9.17) is 4.74 Å². The van der Waals surface area contributed by atoms with E-state index in [1.165, 1.54) is 5.56 Å². The van der Waals surface area contributed by atoms with Gasteiger partial charge in [0.15, 0.2) is 6.29 Å². The van der Waals surface area contributed by atoms with Crippen LogP contribution in [-0.4, -0.2) is 12.9 Å². The smallest absolute Gasteiger partial charge is 0.150 e. The van der Waals surface area contributed by atoms with E-state index in [0.29, 0.717) is 6.61 Å². The zero-order valence-electron chi connectivity index (χ0n) is 11.1. The van der Waals surface area contributed by atoms with E-state index in [9.17, 15) is 4.79 Å². The molecule has 0 radical (unpaired) electrons. The molecule has 3 rings (SSSR count). The standard InChI is InChI=1S/C17H16O2/c1-17(2)11-19-16-8-7-12(9-15(16)17)14-6-4-3-5-13(14)10-18/h3-10H,11H2,1-2H3. The fourth-order valence-electron chi connectivity index (χ4n) is 2.55. The molecule has 0 amide bonds. The molecule has 2 nitrogen and oxygen atoms in total. The van der Waals surface area contributed by atoms with E-state index in [1.807, 2.05) is 36.4 Å². The molecule has 0 saturated carbocycles. The summed E-state index contributed by atoms with van der Waals surface area (Å²) < 4.78 is 5.69. The van der Waals surface area contributed by atoms with Gasteiger partial charge in [0.05, 0.1) is 6.61 Å². The second-order valence-corrected chi connectivity index (χ2v) is 5.59. The Labute approximate surface area is 113 Å². The van der Waals surface area contributed by atoms with Gasteiger partial charge in [0.2, 0.25) is 0 Å². The molecule has 0 atom stereocenters. The summed E-state index contributed by atoms with van der Waals surface area (Å²) in [6.07, 6.45) is 0.907. The van der Waals surface area contributed by atoms with Crippen LogP contribution in [0.3, 0.4) is 0 Å². The highest BCUT2D eigenvalue weighted by atomic mass is 16.5. The van der Waals surface area contributed by atoms with Gasteiger partial charge < -0.3 is 4.74 Å². The molecule has 0 bridgehead atoms. The zero-order chi connectivity index (χ0) is 13.5. The molecule has 2 aromatic rings. The maximum Gasteiger partial charge on any atom is 0.150 e. The Morgan fingerprint density at radius 3 is 2.74 bits per heavy atom. The van der Waals surface area contributed by atoms with Crippen molar-refractivity contribution in [3.63, 3.8) is 0 Å². The minimum Gasteiger partial charge on any atom is -0.492 e. The van der Waals surface area contributed by atoms with Gasteiger partial charge in [0.25, 0.3) is 0 Å². The second kappa shape index (κ2) is 4.23. The SMILES string of the molecule is CC1(C)COc2ccc(-c3ccccc3C=O)cc21. The van der Waals surface area contributed by atoms with Gasteiger partial charge in [-0.2, -0.15) is 0 Å². The van der Waals surface area contributed by atoms with Crippen LogP contribution in [0.5, 0.6) is 5.75 Å². The molecule has 0 spiro atoms. The fraction of sp³-hybridized carbons (Fsp3) is 0.235. The van der Waals surface area contributed by atoms with Crippen LogP contribution >= 0.6 is 0 Å². The Morgan fingerprint density at radius 1 is 1.16 bits per heavy atom. The minimum absolute atomic E-state index is 0.0292. The number of hydrogen-bond acceptors (Lipinski definition) is 2. The third-order valence-corrected chi connectivity index (χ3v) is 3.70. The van der Waals surface area contributed by atoms with Crippen LogP contribution in [0, 0.1) is 0 Å². The van der Waals surface area contributed by atoms with Gasteiger partial charge in [-0.25, -0.2) is 0 Å². The number of aldehydes is 1. The Balaban J connectivity index is 2.15. The largest absolute Gasteiger partial charge is 0.492 e. The molecule has 0 aromatic heterocycles. The first-order valence-corrected chi connectivity index (χ1v) is 6.44. The maximum absolute atomic E-state index is 11.1. The Kier molecular flexibility index (Phi) is 2.67. The Bertz CT molecular complexity index is 641. The lowest BCUT2D eigenvalue weighted by Gasteiger charge is -2.16. The molecule has 1 aliphatic heterocycles. The summed E-state index contributed by atoms with van der Waals surface area (Å²) in [5.74, 6) is 0.956. The first-order valence-electron chi connectivity index (χ1n) is 6.44. The molecule has 0 unspecified atom stereocenters. The van der Waals surface area contributed by atoms with E-state index < -0.39 is 0 Å². The van der Waals surface area contributed by atoms with Crippen molar-refractivity contribution in [3.8, 4) is 16.9 Å². The average molecular weight is 252 g/mol. The predicted octanol–water partition coefficient (Wildman–Crippen LogP) is 3.84. The van der Waals surface area contributed by atoms with Crippen molar-refractivity contribution in [1.29, 1.82) is 0 Å². The highest BCUT2D eigenvalue weighted by Crippen LogP contribution is 2.40. The summed E-state index contributed by atoms with van der Waals surface area (Å²) in [7, 11) is 0.